The standard InChI is InChI=1S/C16H15F2NO2/c1-2-11-5-3-4-6-15(11)21-10-16(20)19-14-8-7-12(17)9-13(14)18/h3-9H,2,10H2,1H3,(H,19,20). The third-order valence-electron chi connectivity index (χ3n) is 2.92. The Kier molecular flexibility index (Phi) is 4.87. The van der Waals surface area contributed by atoms with E-state index in [9.17, 15) is 13.6 Å². The number of hydrogen-bond acceptors (Lipinski definition) is 2. The summed E-state index contributed by atoms with van der Waals surface area (Å²) in [6, 6.07) is 10.3. The van der Waals surface area contributed by atoms with E-state index in [1.165, 1.54) is 6.07 Å². The van der Waals surface area contributed by atoms with Crippen molar-refractivity contribution in [1.29, 1.82) is 0 Å². The lowest BCUT2D eigenvalue weighted by Crippen LogP contribution is -2.21. The van der Waals surface area contributed by atoms with E-state index < -0.39 is 17.5 Å². The average Bonchev–Trinajstić information content (AvgIpc) is 2.48. The molecule has 0 unspecified atom stereocenters. The summed E-state index contributed by atoms with van der Waals surface area (Å²) in [6.07, 6.45) is 0.782. The number of ether oxygens (including phenoxy) is 1. The van der Waals surface area contributed by atoms with Crippen LogP contribution >= 0.6 is 0 Å². The van der Waals surface area contributed by atoms with Gasteiger partial charge in [0.05, 0.1) is 5.69 Å². The zero-order valence-corrected chi connectivity index (χ0v) is 11.5. The highest BCUT2D eigenvalue weighted by Crippen LogP contribution is 2.19. The number of carbonyl (C=O) groups is 1. The van der Waals surface area contributed by atoms with Crippen molar-refractivity contribution in [3.63, 3.8) is 0 Å². The number of benzene rings is 2. The van der Waals surface area contributed by atoms with Gasteiger partial charge < -0.3 is 10.1 Å². The summed E-state index contributed by atoms with van der Waals surface area (Å²) in [5, 5.41) is 2.34. The van der Waals surface area contributed by atoms with Crippen LogP contribution in [0.15, 0.2) is 42.5 Å². The molecule has 21 heavy (non-hydrogen) atoms. The van der Waals surface area contributed by atoms with Crippen LogP contribution in [0.25, 0.3) is 0 Å². The molecule has 0 heterocycles. The third-order valence-corrected chi connectivity index (χ3v) is 2.92. The van der Waals surface area contributed by atoms with Gasteiger partial charge in [-0.05, 0) is 30.2 Å². The summed E-state index contributed by atoms with van der Waals surface area (Å²) in [5.41, 5.74) is 0.909. The molecule has 1 amide bonds. The van der Waals surface area contributed by atoms with Gasteiger partial charge in [-0.3, -0.25) is 4.79 Å². The summed E-state index contributed by atoms with van der Waals surface area (Å²) in [4.78, 5) is 11.7. The molecule has 0 aromatic heterocycles. The lowest BCUT2D eigenvalue weighted by molar-refractivity contribution is -0.118. The van der Waals surface area contributed by atoms with E-state index in [0.717, 1.165) is 18.1 Å². The van der Waals surface area contributed by atoms with Crippen LogP contribution in [-0.2, 0) is 11.2 Å². The number of para-hydroxylation sites is 1. The molecular formula is C16H15F2NO2. The number of hydrogen-bond donors (Lipinski definition) is 1. The van der Waals surface area contributed by atoms with Crippen LogP contribution in [0.4, 0.5) is 14.5 Å². The van der Waals surface area contributed by atoms with Crippen LogP contribution < -0.4 is 10.1 Å². The van der Waals surface area contributed by atoms with Crippen molar-refractivity contribution >= 4 is 11.6 Å². The first kappa shape index (κ1) is 15.0. The van der Waals surface area contributed by atoms with Crippen LogP contribution in [0.1, 0.15) is 12.5 Å². The molecule has 2 rings (SSSR count). The fourth-order valence-corrected chi connectivity index (χ4v) is 1.86. The van der Waals surface area contributed by atoms with E-state index in [1.807, 2.05) is 25.1 Å². The molecule has 2 aromatic carbocycles. The first-order valence-electron chi connectivity index (χ1n) is 6.55. The second-order valence-electron chi connectivity index (χ2n) is 4.42. The van der Waals surface area contributed by atoms with E-state index in [4.69, 9.17) is 4.74 Å². The van der Waals surface area contributed by atoms with Gasteiger partial charge in [-0.25, -0.2) is 8.78 Å². The molecule has 0 aliphatic carbocycles. The molecule has 110 valence electrons. The van der Waals surface area contributed by atoms with Crippen LogP contribution in [0.5, 0.6) is 5.75 Å². The van der Waals surface area contributed by atoms with Gasteiger partial charge in [-0.2, -0.15) is 0 Å². The predicted octanol–water partition coefficient (Wildman–Crippen LogP) is 3.54. The van der Waals surface area contributed by atoms with Crippen LogP contribution in [0.2, 0.25) is 0 Å². The fraction of sp³-hybridized carbons (Fsp3) is 0.188. The van der Waals surface area contributed by atoms with Crippen molar-refractivity contribution in [3.05, 3.63) is 59.7 Å². The Morgan fingerprint density at radius 3 is 2.67 bits per heavy atom. The number of anilines is 1. The second kappa shape index (κ2) is 6.83. The predicted molar refractivity (Wildman–Crippen MR) is 76.3 cm³/mol. The maximum Gasteiger partial charge on any atom is 0.262 e. The van der Waals surface area contributed by atoms with Gasteiger partial charge in [0.15, 0.2) is 6.61 Å². The summed E-state index contributed by atoms with van der Waals surface area (Å²) in [7, 11) is 0. The van der Waals surface area contributed by atoms with Crippen molar-refractivity contribution in [1.82, 2.24) is 0 Å². The van der Waals surface area contributed by atoms with Gasteiger partial charge >= 0.3 is 0 Å². The Balaban J connectivity index is 1.96. The van der Waals surface area contributed by atoms with Gasteiger partial charge in [-0.15, -0.1) is 0 Å². The number of rotatable bonds is 5. The molecule has 5 heteroatoms. The number of halogens is 2. The van der Waals surface area contributed by atoms with Gasteiger partial charge in [0.25, 0.3) is 5.91 Å². The molecule has 0 saturated heterocycles. The maximum atomic E-state index is 13.4. The number of aryl methyl sites for hydroxylation is 1. The lowest BCUT2D eigenvalue weighted by Gasteiger charge is -2.10. The van der Waals surface area contributed by atoms with Crippen molar-refractivity contribution in [2.24, 2.45) is 0 Å². The van der Waals surface area contributed by atoms with E-state index >= 15 is 0 Å². The van der Waals surface area contributed by atoms with E-state index in [-0.39, 0.29) is 12.3 Å². The molecule has 0 fully saturated rings. The molecular weight excluding hydrogens is 276 g/mol. The first-order valence-corrected chi connectivity index (χ1v) is 6.55. The Bertz CT molecular complexity index is 644. The molecule has 0 spiro atoms. The van der Waals surface area contributed by atoms with Crippen LogP contribution in [0.3, 0.4) is 0 Å². The minimum atomic E-state index is -0.822. The Hall–Kier alpha value is -2.43. The molecule has 0 aliphatic heterocycles. The van der Waals surface area contributed by atoms with E-state index in [2.05, 4.69) is 5.32 Å². The van der Waals surface area contributed by atoms with E-state index in [0.29, 0.717) is 11.8 Å². The minimum absolute atomic E-state index is 0.0752. The molecule has 2 aromatic rings. The molecule has 3 nitrogen and oxygen atoms in total. The Morgan fingerprint density at radius 1 is 1.19 bits per heavy atom. The highest BCUT2D eigenvalue weighted by Gasteiger charge is 2.09. The van der Waals surface area contributed by atoms with Crippen LogP contribution in [-0.4, -0.2) is 12.5 Å². The molecule has 1 N–H and O–H groups in total. The van der Waals surface area contributed by atoms with Gasteiger partial charge in [0.1, 0.15) is 17.4 Å². The lowest BCUT2D eigenvalue weighted by atomic mass is 10.1. The summed E-state index contributed by atoms with van der Waals surface area (Å²) >= 11 is 0. The minimum Gasteiger partial charge on any atom is -0.483 e. The molecule has 0 saturated carbocycles. The highest BCUT2D eigenvalue weighted by atomic mass is 19.1. The van der Waals surface area contributed by atoms with Gasteiger partial charge in [0.2, 0.25) is 0 Å². The smallest absolute Gasteiger partial charge is 0.262 e. The maximum absolute atomic E-state index is 13.4. The molecule has 0 aliphatic rings. The van der Waals surface area contributed by atoms with Gasteiger partial charge in [-0.1, -0.05) is 25.1 Å². The summed E-state index contributed by atoms with van der Waals surface area (Å²) in [6.45, 7) is 1.74. The fourth-order valence-electron chi connectivity index (χ4n) is 1.86. The summed E-state index contributed by atoms with van der Waals surface area (Å²) < 4.78 is 31.6. The van der Waals surface area contributed by atoms with Crippen LogP contribution in [0, 0.1) is 11.6 Å². The normalized spacial score (nSPS) is 10.2. The molecule has 0 radical (unpaired) electrons. The number of nitrogens with one attached hydrogen (secondary N) is 1. The zero-order chi connectivity index (χ0) is 15.2. The monoisotopic (exact) mass is 291 g/mol. The largest absolute Gasteiger partial charge is 0.483 e. The topological polar surface area (TPSA) is 38.3 Å². The Morgan fingerprint density at radius 2 is 1.95 bits per heavy atom. The quantitative estimate of drug-likeness (QED) is 0.915. The highest BCUT2D eigenvalue weighted by molar-refractivity contribution is 5.92. The first-order chi connectivity index (χ1) is 10.1. The SMILES string of the molecule is CCc1ccccc1OCC(=O)Nc1ccc(F)cc1F. The number of carbonyl (C=O) groups excluding carboxylic acids is 1. The second-order valence-corrected chi connectivity index (χ2v) is 4.42. The third kappa shape index (κ3) is 4.02. The van der Waals surface area contributed by atoms with Crippen molar-refractivity contribution < 1.29 is 18.3 Å². The average molecular weight is 291 g/mol. The van der Waals surface area contributed by atoms with Crippen molar-refractivity contribution in [2.45, 2.75) is 13.3 Å². The zero-order valence-electron chi connectivity index (χ0n) is 11.5. The van der Waals surface area contributed by atoms with Crippen molar-refractivity contribution in [2.75, 3.05) is 11.9 Å². The molecule has 0 atom stereocenters. The Labute approximate surface area is 121 Å². The summed E-state index contributed by atoms with van der Waals surface area (Å²) in [5.74, 6) is -1.41. The molecule has 0 bridgehead atoms. The number of amides is 1. The van der Waals surface area contributed by atoms with Gasteiger partial charge in [0, 0.05) is 6.07 Å². The van der Waals surface area contributed by atoms with E-state index in [1.54, 1.807) is 6.07 Å². The van der Waals surface area contributed by atoms with Crippen molar-refractivity contribution in [3.8, 4) is 5.75 Å².